The fourth-order valence-electron chi connectivity index (χ4n) is 2.36. The van der Waals surface area contributed by atoms with E-state index in [2.05, 4.69) is 48.6 Å². The van der Waals surface area contributed by atoms with Gasteiger partial charge in [0.05, 0.1) is 0 Å². The molecule has 0 spiro atoms. The summed E-state index contributed by atoms with van der Waals surface area (Å²) in [6, 6.07) is 15.0. The quantitative estimate of drug-likeness (QED) is 0.852. The Bertz CT molecular complexity index is 630. The fourth-order valence-corrected chi connectivity index (χ4v) is 3.52. The van der Waals surface area contributed by atoms with E-state index in [9.17, 15) is 0 Å². The molecule has 0 aliphatic carbocycles. The molecule has 0 saturated heterocycles. The molecule has 2 aromatic carbocycles. The molecule has 3 rings (SSSR count). The monoisotopic (exact) mass is 301 g/mol. The summed E-state index contributed by atoms with van der Waals surface area (Å²) in [6.07, 6.45) is 0. The molecule has 0 aromatic heterocycles. The van der Waals surface area contributed by atoms with Crippen LogP contribution >= 0.6 is 11.8 Å². The molecule has 2 aromatic rings. The molecule has 0 saturated carbocycles. The van der Waals surface area contributed by atoms with Crippen LogP contribution in [-0.2, 0) is 0 Å². The van der Waals surface area contributed by atoms with E-state index in [4.69, 9.17) is 9.47 Å². The van der Waals surface area contributed by atoms with E-state index in [-0.39, 0.29) is 6.04 Å². The molecule has 3 nitrogen and oxygen atoms in total. The van der Waals surface area contributed by atoms with Gasteiger partial charge in [0.1, 0.15) is 0 Å². The standard InChI is InChI=1S/C17H19NO2S/c1-12-4-3-5-14(8-12)21-10-15(18-2)13-6-7-16-17(9-13)20-11-19-16/h3-9,15,18H,10-11H2,1-2H3. The average Bonchev–Trinajstić information content (AvgIpc) is 2.95. The Hall–Kier alpha value is -1.65. The molecule has 0 amide bonds. The van der Waals surface area contributed by atoms with Crippen LogP contribution in [0.25, 0.3) is 0 Å². The first-order valence-electron chi connectivity index (χ1n) is 7.02. The Labute approximate surface area is 129 Å². The average molecular weight is 301 g/mol. The van der Waals surface area contributed by atoms with Crippen molar-refractivity contribution in [2.75, 3.05) is 19.6 Å². The molecule has 0 bridgehead atoms. The van der Waals surface area contributed by atoms with Gasteiger partial charge in [-0.1, -0.05) is 23.8 Å². The number of thioether (sulfide) groups is 1. The third-order valence-electron chi connectivity index (χ3n) is 3.55. The number of benzene rings is 2. The Balaban J connectivity index is 1.70. The highest BCUT2D eigenvalue weighted by molar-refractivity contribution is 7.99. The summed E-state index contributed by atoms with van der Waals surface area (Å²) in [5.74, 6) is 2.65. The fraction of sp³-hybridized carbons (Fsp3) is 0.294. The molecular formula is C17H19NO2S. The third-order valence-corrected chi connectivity index (χ3v) is 4.64. The summed E-state index contributed by atoms with van der Waals surface area (Å²) in [4.78, 5) is 1.30. The van der Waals surface area contributed by atoms with Gasteiger partial charge in [-0.05, 0) is 43.8 Å². The van der Waals surface area contributed by atoms with Gasteiger partial charge in [-0.15, -0.1) is 11.8 Å². The van der Waals surface area contributed by atoms with Gasteiger partial charge in [0.25, 0.3) is 0 Å². The van der Waals surface area contributed by atoms with Crippen molar-refractivity contribution in [3.63, 3.8) is 0 Å². The van der Waals surface area contributed by atoms with E-state index in [1.807, 2.05) is 24.9 Å². The summed E-state index contributed by atoms with van der Waals surface area (Å²) in [6.45, 7) is 2.44. The number of rotatable bonds is 5. The Morgan fingerprint density at radius 3 is 2.81 bits per heavy atom. The van der Waals surface area contributed by atoms with Crippen molar-refractivity contribution in [1.82, 2.24) is 5.32 Å². The number of fused-ring (bicyclic) bond motifs is 1. The highest BCUT2D eigenvalue weighted by Crippen LogP contribution is 2.35. The zero-order chi connectivity index (χ0) is 14.7. The van der Waals surface area contributed by atoms with Crippen LogP contribution in [0.4, 0.5) is 0 Å². The first-order chi connectivity index (χ1) is 10.3. The van der Waals surface area contributed by atoms with Gasteiger partial charge in [0.2, 0.25) is 6.79 Å². The Morgan fingerprint density at radius 1 is 1.14 bits per heavy atom. The molecule has 1 N–H and O–H groups in total. The topological polar surface area (TPSA) is 30.5 Å². The lowest BCUT2D eigenvalue weighted by molar-refractivity contribution is 0.174. The molecule has 1 atom stereocenters. The molecule has 0 radical (unpaired) electrons. The minimum absolute atomic E-state index is 0.282. The van der Waals surface area contributed by atoms with Crippen molar-refractivity contribution in [3.05, 3.63) is 53.6 Å². The predicted molar refractivity (Wildman–Crippen MR) is 86.3 cm³/mol. The van der Waals surface area contributed by atoms with E-state index >= 15 is 0 Å². The second-order valence-electron chi connectivity index (χ2n) is 5.08. The van der Waals surface area contributed by atoms with Gasteiger partial charge in [-0.2, -0.15) is 0 Å². The summed E-state index contributed by atoms with van der Waals surface area (Å²) in [5.41, 5.74) is 2.52. The van der Waals surface area contributed by atoms with Gasteiger partial charge in [-0.25, -0.2) is 0 Å². The number of hydrogen-bond donors (Lipinski definition) is 1. The first-order valence-corrected chi connectivity index (χ1v) is 8.01. The van der Waals surface area contributed by atoms with Crippen LogP contribution in [0.1, 0.15) is 17.2 Å². The highest BCUT2D eigenvalue weighted by Gasteiger charge is 2.17. The van der Waals surface area contributed by atoms with Crippen molar-refractivity contribution >= 4 is 11.8 Å². The van der Waals surface area contributed by atoms with Crippen molar-refractivity contribution in [2.24, 2.45) is 0 Å². The number of aryl methyl sites for hydroxylation is 1. The largest absolute Gasteiger partial charge is 0.454 e. The van der Waals surface area contributed by atoms with E-state index in [1.54, 1.807) is 0 Å². The van der Waals surface area contributed by atoms with Crippen LogP contribution in [0, 0.1) is 6.92 Å². The molecule has 1 heterocycles. The van der Waals surface area contributed by atoms with Crippen LogP contribution in [0.2, 0.25) is 0 Å². The molecule has 1 unspecified atom stereocenters. The maximum Gasteiger partial charge on any atom is 0.231 e. The molecule has 21 heavy (non-hydrogen) atoms. The summed E-state index contributed by atoms with van der Waals surface area (Å²) < 4.78 is 10.8. The Kier molecular flexibility index (Phi) is 4.36. The van der Waals surface area contributed by atoms with Gasteiger partial charge in [0, 0.05) is 16.7 Å². The van der Waals surface area contributed by atoms with Crippen LogP contribution < -0.4 is 14.8 Å². The molecule has 1 aliphatic rings. The SMILES string of the molecule is CNC(CSc1cccc(C)c1)c1ccc2c(c1)OCO2. The number of hydrogen-bond acceptors (Lipinski definition) is 4. The number of nitrogens with one attached hydrogen (secondary N) is 1. The van der Waals surface area contributed by atoms with E-state index in [0.717, 1.165) is 17.3 Å². The molecule has 110 valence electrons. The first kappa shape index (κ1) is 14.3. The minimum Gasteiger partial charge on any atom is -0.454 e. The molecule has 0 fully saturated rings. The van der Waals surface area contributed by atoms with Gasteiger partial charge < -0.3 is 14.8 Å². The highest BCUT2D eigenvalue weighted by atomic mass is 32.2. The summed E-state index contributed by atoms with van der Waals surface area (Å²) >= 11 is 1.86. The van der Waals surface area contributed by atoms with E-state index in [1.165, 1.54) is 16.0 Å². The maximum absolute atomic E-state index is 5.46. The lowest BCUT2D eigenvalue weighted by atomic mass is 10.1. The Morgan fingerprint density at radius 2 is 2.00 bits per heavy atom. The lowest BCUT2D eigenvalue weighted by Crippen LogP contribution is -2.18. The van der Waals surface area contributed by atoms with Crippen LogP contribution in [0.15, 0.2) is 47.4 Å². The maximum atomic E-state index is 5.46. The van der Waals surface area contributed by atoms with Crippen LogP contribution in [0.3, 0.4) is 0 Å². The van der Waals surface area contributed by atoms with Crippen molar-refractivity contribution < 1.29 is 9.47 Å². The molecule has 1 aliphatic heterocycles. The minimum atomic E-state index is 0.282. The molecule has 4 heteroatoms. The predicted octanol–water partition coefficient (Wildman–Crippen LogP) is 3.78. The van der Waals surface area contributed by atoms with Gasteiger partial charge in [-0.3, -0.25) is 0 Å². The zero-order valence-electron chi connectivity index (χ0n) is 12.3. The smallest absolute Gasteiger partial charge is 0.231 e. The second-order valence-corrected chi connectivity index (χ2v) is 6.17. The normalized spacial score (nSPS) is 14.2. The van der Waals surface area contributed by atoms with Crippen LogP contribution in [0.5, 0.6) is 11.5 Å². The summed E-state index contributed by atoms with van der Waals surface area (Å²) in [5, 5.41) is 3.38. The number of ether oxygens (including phenoxy) is 2. The van der Waals surface area contributed by atoms with Crippen LogP contribution in [-0.4, -0.2) is 19.6 Å². The van der Waals surface area contributed by atoms with Crippen molar-refractivity contribution in [3.8, 4) is 11.5 Å². The van der Waals surface area contributed by atoms with E-state index in [0.29, 0.717) is 6.79 Å². The van der Waals surface area contributed by atoms with Gasteiger partial charge >= 0.3 is 0 Å². The van der Waals surface area contributed by atoms with E-state index < -0.39 is 0 Å². The summed E-state index contributed by atoms with van der Waals surface area (Å²) in [7, 11) is 1.99. The lowest BCUT2D eigenvalue weighted by Gasteiger charge is -2.17. The van der Waals surface area contributed by atoms with Crippen molar-refractivity contribution in [2.45, 2.75) is 17.9 Å². The zero-order valence-corrected chi connectivity index (χ0v) is 13.1. The van der Waals surface area contributed by atoms with Crippen molar-refractivity contribution in [1.29, 1.82) is 0 Å². The third kappa shape index (κ3) is 3.34. The van der Waals surface area contributed by atoms with Gasteiger partial charge in [0.15, 0.2) is 11.5 Å². The second kappa shape index (κ2) is 6.41. The molecular weight excluding hydrogens is 282 g/mol.